The molecule has 0 amide bonds. The summed E-state index contributed by atoms with van der Waals surface area (Å²) in [5, 5.41) is 7.02. The third-order valence-corrected chi connectivity index (χ3v) is 3.84. The van der Waals surface area contributed by atoms with Gasteiger partial charge in [-0.2, -0.15) is 0 Å². The molecule has 0 saturated carbocycles. The van der Waals surface area contributed by atoms with Gasteiger partial charge in [-0.15, -0.1) is 0 Å². The lowest BCUT2D eigenvalue weighted by molar-refractivity contribution is 0.621. The molecule has 1 heterocycles. The van der Waals surface area contributed by atoms with Crippen LogP contribution in [0.15, 0.2) is 28.7 Å². The zero-order valence-electron chi connectivity index (χ0n) is 11.2. The molecule has 1 aromatic heterocycles. The maximum absolute atomic E-state index is 13.2. The number of benzene rings is 1. The standard InChI is InChI=1S/C14H13BrCl2FN3/c1-2-5-19-13-10(16)7-11(17)14(21-13)20-8-3-4-12(18)9(15)6-8/h3-4,6-7H,2,5H2,1H3,(H2,19,20,21). The number of hydrogen-bond donors (Lipinski definition) is 2. The maximum Gasteiger partial charge on any atom is 0.151 e. The molecule has 112 valence electrons. The fourth-order valence-electron chi connectivity index (χ4n) is 1.63. The van der Waals surface area contributed by atoms with Crippen LogP contribution in [0, 0.1) is 5.82 Å². The summed E-state index contributed by atoms with van der Waals surface area (Å²) in [7, 11) is 0. The molecule has 0 bridgehead atoms. The Kier molecular flexibility index (Phi) is 5.67. The summed E-state index contributed by atoms with van der Waals surface area (Å²) in [4.78, 5) is 4.36. The third kappa shape index (κ3) is 4.22. The molecular formula is C14H13BrCl2FN3. The first-order chi connectivity index (χ1) is 10.0. The average Bonchev–Trinajstić information content (AvgIpc) is 2.44. The lowest BCUT2D eigenvalue weighted by Gasteiger charge is -2.12. The zero-order chi connectivity index (χ0) is 15.4. The molecule has 0 aliphatic carbocycles. The molecule has 0 aliphatic rings. The van der Waals surface area contributed by atoms with E-state index >= 15 is 0 Å². The SMILES string of the molecule is CCCNc1nc(Nc2ccc(F)c(Br)c2)c(Cl)cc1Cl. The molecule has 0 aliphatic heterocycles. The summed E-state index contributed by atoms with van der Waals surface area (Å²) < 4.78 is 13.6. The highest BCUT2D eigenvalue weighted by Crippen LogP contribution is 2.31. The highest BCUT2D eigenvalue weighted by Gasteiger charge is 2.10. The van der Waals surface area contributed by atoms with Crippen LogP contribution in [-0.4, -0.2) is 11.5 Å². The molecule has 0 unspecified atom stereocenters. The fourth-order valence-corrected chi connectivity index (χ4v) is 2.48. The predicted molar refractivity (Wildman–Crippen MR) is 90.4 cm³/mol. The van der Waals surface area contributed by atoms with E-state index in [9.17, 15) is 4.39 Å². The summed E-state index contributed by atoms with van der Waals surface area (Å²) >= 11 is 15.4. The van der Waals surface area contributed by atoms with E-state index < -0.39 is 0 Å². The Morgan fingerprint density at radius 1 is 1.19 bits per heavy atom. The largest absolute Gasteiger partial charge is 0.369 e. The van der Waals surface area contributed by atoms with Crippen molar-refractivity contribution in [3.05, 3.63) is 44.6 Å². The van der Waals surface area contributed by atoms with Gasteiger partial charge >= 0.3 is 0 Å². The summed E-state index contributed by atoms with van der Waals surface area (Å²) in [6.07, 6.45) is 0.953. The van der Waals surface area contributed by atoms with Gasteiger partial charge in [0.25, 0.3) is 0 Å². The van der Waals surface area contributed by atoms with Crippen molar-refractivity contribution in [2.45, 2.75) is 13.3 Å². The van der Waals surface area contributed by atoms with Gasteiger partial charge < -0.3 is 10.6 Å². The molecule has 3 nitrogen and oxygen atoms in total. The van der Waals surface area contributed by atoms with Crippen molar-refractivity contribution in [2.24, 2.45) is 0 Å². The molecule has 7 heteroatoms. The van der Waals surface area contributed by atoms with E-state index in [4.69, 9.17) is 23.2 Å². The number of halogens is 4. The van der Waals surface area contributed by atoms with E-state index in [1.165, 1.54) is 6.07 Å². The molecular weight excluding hydrogens is 380 g/mol. The molecule has 0 spiro atoms. The van der Waals surface area contributed by atoms with Gasteiger partial charge in [0, 0.05) is 12.2 Å². The predicted octanol–water partition coefficient (Wildman–Crippen LogP) is 5.86. The van der Waals surface area contributed by atoms with Crippen LogP contribution in [0.4, 0.5) is 21.7 Å². The Morgan fingerprint density at radius 2 is 1.90 bits per heavy atom. The van der Waals surface area contributed by atoms with Gasteiger partial charge in [0.2, 0.25) is 0 Å². The molecule has 2 rings (SSSR count). The van der Waals surface area contributed by atoms with Crippen molar-refractivity contribution in [3.8, 4) is 0 Å². The van der Waals surface area contributed by atoms with Crippen LogP contribution in [0.1, 0.15) is 13.3 Å². The minimum Gasteiger partial charge on any atom is -0.369 e. The Balaban J connectivity index is 2.28. The van der Waals surface area contributed by atoms with Gasteiger partial charge in [0.1, 0.15) is 11.6 Å². The van der Waals surface area contributed by atoms with Crippen LogP contribution in [0.5, 0.6) is 0 Å². The minimum absolute atomic E-state index is 0.332. The third-order valence-electron chi connectivity index (χ3n) is 2.65. The van der Waals surface area contributed by atoms with Crippen molar-refractivity contribution in [2.75, 3.05) is 17.2 Å². The second-order valence-corrected chi connectivity index (χ2v) is 6.00. The molecule has 2 aromatic rings. The summed E-state index contributed by atoms with van der Waals surface area (Å²) in [5.41, 5.74) is 0.668. The fraction of sp³-hybridized carbons (Fsp3) is 0.214. The molecule has 0 radical (unpaired) electrons. The molecule has 2 N–H and O–H groups in total. The number of aromatic nitrogens is 1. The number of anilines is 3. The summed E-state index contributed by atoms with van der Waals surface area (Å²) in [6, 6.07) is 6.19. The monoisotopic (exact) mass is 391 g/mol. The van der Waals surface area contributed by atoms with Gasteiger partial charge in [-0.3, -0.25) is 0 Å². The van der Waals surface area contributed by atoms with Crippen LogP contribution >= 0.6 is 39.1 Å². The molecule has 0 fully saturated rings. The molecule has 1 aromatic carbocycles. The highest BCUT2D eigenvalue weighted by molar-refractivity contribution is 9.10. The van der Waals surface area contributed by atoms with Gasteiger partial charge in [-0.05, 0) is 46.6 Å². The number of rotatable bonds is 5. The Bertz CT molecular complexity index is 652. The van der Waals surface area contributed by atoms with Crippen molar-refractivity contribution in [3.63, 3.8) is 0 Å². The van der Waals surface area contributed by atoms with E-state index in [0.29, 0.717) is 31.8 Å². The number of nitrogens with zero attached hydrogens (tertiary/aromatic N) is 1. The lowest BCUT2D eigenvalue weighted by Crippen LogP contribution is -2.05. The second-order valence-electron chi connectivity index (χ2n) is 4.33. The smallest absolute Gasteiger partial charge is 0.151 e. The van der Waals surface area contributed by atoms with E-state index in [1.807, 2.05) is 6.92 Å². The number of nitrogens with one attached hydrogen (secondary N) is 2. The van der Waals surface area contributed by atoms with Crippen LogP contribution < -0.4 is 10.6 Å². The Labute approximate surface area is 141 Å². The first kappa shape index (κ1) is 16.3. The normalized spacial score (nSPS) is 10.5. The van der Waals surface area contributed by atoms with E-state index in [0.717, 1.165) is 13.0 Å². The number of pyridine rings is 1. The zero-order valence-corrected chi connectivity index (χ0v) is 14.3. The van der Waals surface area contributed by atoms with Crippen molar-refractivity contribution in [1.82, 2.24) is 4.98 Å². The Hall–Kier alpha value is -1.04. The molecule has 21 heavy (non-hydrogen) atoms. The van der Waals surface area contributed by atoms with Crippen molar-refractivity contribution < 1.29 is 4.39 Å². The lowest BCUT2D eigenvalue weighted by atomic mass is 10.3. The first-order valence-corrected chi connectivity index (χ1v) is 7.88. The van der Waals surface area contributed by atoms with Crippen LogP contribution in [0.25, 0.3) is 0 Å². The minimum atomic E-state index is -0.332. The van der Waals surface area contributed by atoms with Crippen molar-refractivity contribution >= 4 is 56.5 Å². The molecule has 0 saturated heterocycles. The highest BCUT2D eigenvalue weighted by atomic mass is 79.9. The number of hydrogen-bond acceptors (Lipinski definition) is 3. The topological polar surface area (TPSA) is 37.0 Å². The average molecular weight is 393 g/mol. The first-order valence-electron chi connectivity index (χ1n) is 6.33. The van der Waals surface area contributed by atoms with E-state index in [-0.39, 0.29) is 5.82 Å². The Morgan fingerprint density at radius 3 is 2.57 bits per heavy atom. The van der Waals surface area contributed by atoms with Crippen LogP contribution in [0.3, 0.4) is 0 Å². The van der Waals surface area contributed by atoms with Gasteiger partial charge in [0.15, 0.2) is 5.82 Å². The summed E-state index contributed by atoms with van der Waals surface area (Å²) in [6.45, 7) is 2.81. The van der Waals surface area contributed by atoms with E-state index in [2.05, 4.69) is 31.5 Å². The van der Waals surface area contributed by atoms with Gasteiger partial charge in [0.05, 0.1) is 14.5 Å². The maximum atomic E-state index is 13.2. The van der Waals surface area contributed by atoms with Crippen LogP contribution in [0.2, 0.25) is 10.0 Å². The van der Waals surface area contributed by atoms with Gasteiger partial charge in [-0.25, -0.2) is 9.37 Å². The van der Waals surface area contributed by atoms with Crippen LogP contribution in [-0.2, 0) is 0 Å². The van der Waals surface area contributed by atoms with E-state index in [1.54, 1.807) is 18.2 Å². The quantitative estimate of drug-likeness (QED) is 0.669. The van der Waals surface area contributed by atoms with Crippen molar-refractivity contribution in [1.29, 1.82) is 0 Å². The summed E-state index contributed by atoms with van der Waals surface area (Å²) in [5.74, 6) is 0.686. The second kappa shape index (κ2) is 7.29. The van der Waals surface area contributed by atoms with Gasteiger partial charge in [-0.1, -0.05) is 30.1 Å². The molecule has 0 atom stereocenters.